The molecule has 0 amide bonds. The molecule has 3 heteroatoms. The van der Waals surface area contributed by atoms with E-state index in [1.807, 2.05) is 0 Å². The lowest BCUT2D eigenvalue weighted by molar-refractivity contribution is -0.0650. The summed E-state index contributed by atoms with van der Waals surface area (Å²) in [6, 6.07) is 0.858. The molecule has 3 saturated carbocycles. The van der Waals surface area contributed by atoms with Gasteiger partial charge in [-0.3, -0.25) is 0 Å². The van der Waals surface area contributed by atoms with Crippen molar-refractivity contribution in [2.75, 3.05) is 26.2 Å². The first-order valence-electron chi connectivity index (χ1n) is 7.35. The van der Waals surface area contributed by atoms with Crippen molar-refractivity contribution < 1.29 is 4.74 Å². The van der Waals surface area contributed by atoms with Crippen molar-refractivity contribution >= 4 is 0 Å². The van der Waals surface area contributed by atoms with Gasteiger partial charge in [0.2, 0.25) is 0 Å². The third-order valence-corrected chi connectivity index (χ3v) is 5.67. The lowest BCUT2D eigenvalue weighted by Gasteiger charge is -2.39. The summed E-state index contributed by atoms with van der Waals surface area (Å²) >= 11 is 0. The summed E-state index contributed by atoms with van der Waals surface area (Å²) in [4.78, 5) is 0. The van der Waals surface area contributed by atoms with Crippen LogP contribution in [0.2, 0.25) is 0 Å². The first-order valence-corrected chi connectivity index (χ1v) is 7.35. The van der Waals surface area contributed by atoms with Gasteiger partial charge in [0.05, 0.1) is 12.2 Å². The Balaban J connectivity index is 1.18. The highest BCUT2D eigenvalue weighted by molar-refractivity contribution is 5.16. The van der Waals surface area contributed by atoms with Crippen LogP contribution in [0.25, 0.3) is 0 Å². The monoisotopic (exact) mass is 236 g/mol. The molecule has 1 aliphatic heterocycles. The second kappa shape index (κ2) is 3.69. The molecule has 0 spiro atoms. The highest BCUT2D eigenvalue weighted by Crippen LogP contribution is 2.65. The van der Waals surface area contributed by atoms with E-state index in [0.717, 1.165) is 56.0 Å². The van der Waals surface area contributed by atoms with Gasteiger partial charge in [0, 0.05) is 25.7 Å². The van der Waals surface area contributed by atoms with E-state index in [9.17, 15) is 0 Å². The Bertz CT molecular complexity index is 299. The van der Waals surface area contributed by atoms with Crippen molar-refractivity contribution in [2.24, 2.45) is 23.7 Å². The molecule has 3 aliphatic carbocycles. The molecule has 0 aromatic rings. The van der Waals surface area contributed by atoms with E-state index in [-0.39, 0.29) is 5.60 Å². The molecule has 17 heavy (non-hydrogen) atoms. The maximum absolute atomic E-state index is 5.91. The van der Waals surface area contributed by atoms with E-state index < -0.39 is 0 Å². The zero-order valence-electron chi connectivity index (χ0n) is 10.7. The van der Waals surface area contributed by atoms with Gasteiger partial charge in [0.15, 0.2) is 0 Å². The number of fused-ring (bicyclic) bond motifs is 5. The van der Waals surface area contributed by atoms with E-state index >= 15 is 0 Å². The molecule has 1 heterocycles. The Morgan fingerprint density at radius 1 is 1.24 bits per heavy atom. The maximum atomic E-state index is 5.91. The molecule has 2 N–H and O–H groups in total. The van der Waals surface area contributed by atoms with Crippen LogP contribution in [0.15, 0.2) is 0 Å². The van der Waals surface area contributed by atoms with Crippen LogP contribution in [0.4, 0.5) is 0 Å². The van der Waals surface area contributed by atoms with Gasteiger partial charge in [-0.1, -0.05) is 0 Å². The third kappa shape index (κ3) is 1.66. The van der Waals surface area contributed by atoms with Crippen molar-refractivity contribution in [3.8, 4) is 0 Å². The summed E-state index contributed by atoms with van der Waals surface area (Å²) < 4.78 is 5.91. The minimum Gasteiger partial charge on any atom is -0.371 e. The van der Waals surface area contributed by atoms with Crippen LogP contribution in [0.3, 0.4) is 0 Å². The zero-order chi connectivity index (χ0) is 11.5. The quantitative estimate of drug-likeness (QED) is 0.699. The average Bonchev–Trinajstić information content (AvgIpc) is 2.69. The topological polar surface area (TPSA) is 33.3 Å². The Hall–Kier alpha value is -0.120. The van der Waals surface area contributed by atoms with Crippen molar-refractivity contribution in [1.29, 1.82) is 0 Å². The fourth-order valence-corrected chi connectivity index (χ4v) is 4.70. The number of hydrogen-bond donors (Lipinski definition) is 2. The Labute approximate surface area is 104 Å². The van der Waals surface area contributed by atoms with Crippen LogP contribution in [0, 0.1) is 23.7 Å². The van der Waals surface area contributed by atoms with Crippen LogP contribution in [0.5, 0.6) is 0 Å². The first-order chi connectivity index (χ1) is 8.27. The van der Waals surface area contributed by atoms with Crippen molar-refractivity contribution in [3.63, 3.8) is 0 Å². The Kier molecular flexibility index (Phi) is 2.34. The van der Waals surface area contributed by atoms with Gasteiger partial charge in [-0.25, -0.2) is 0 Å². The predicted octanol–water partition coefficient (Wildman–Crippen LogP) is 0.999. The molecule has 4 atom stereocenters. The normalized spacial score (nSPS) is 48.9. The fourth-order valence-electron chi connectivity index (χ4n) is 4.70. The lowest BCUT2D eigenvalue weighted by atomic mass is 10.0. The van der Waals surface area contributed by atoms with Crippen molar-refractivity contribution in [2.45, 2.75) is 37.8 Å². The molecule has 3 nitrogen and oxygen atoms in total. The molecular weight excluding hydrogens is 212 g/mol. The minimum atomic E-state index is 0.125. The molecule has 4 unspecified atom stereocenters. The smallest absolute Gasteiger partial charge is 0.0902 e. The first kappa shape index (κ1) is 10.8. The van der Waals surface area contributed by atoms with E-state index in [1.165, 1.54) is 12.8 Å². The highest BCUT2D eigenvalue weighted by atomic mass is 16.5. The molecule has 4 aliphatic rings. The largest absolute Gasteiger partial charge is 0.371 e. The Morgan fingerprint density at radius 3 is 2.53 bits per heavy atom. The summed E-state index contributed by atoms with van der Waals surface area (Å²) in [5, 5.41) is 7.01. The molecule has 1 saturated heterocycles. The standard InChI is InChI=1S/C14H24N2O/c1-14(7-15-8-14)17-5-4-16-13-11-9-2-3-10(6-9)12(11)13/h9-13,15-16H,2-8H2,1H3. The van der Waals surface area contributed by atoms with Crippen LogP contribution in [-0.2, 0) is 4.74 Å². The Morgan fingerprint density at radius 2 is 1.94 bits per heavy atom. The molecule has 0 radical (unpaired) electrons. The van der Waals surface area contributed by atoms with Gasteiger partial charge in [-0.2, -0.15) is 0 Å². The van der Waals surface area contributed by atoms with Crippen molar-refractivity contribution in [1.82, 2.24) is 10.6 Å². The molecule has 96 valence electrons. The van der Waals surface area contributed by atoms with Crippen LogP contribution in [-0.4, -0.2) is 37.9 Å². The number of rotatable bonds is 5. The van der Waals surface area contributed by atoms with Gasteiger partial charge in [-0.05, 0) is 49.9 Å². The van der Waals surface area contributed by atoms with E-state index in [0.29, 0.717) is 0 Å². The van der Waals surface area contributed by atoms with Crippen LogP contribution >= 0.6 is 0 Å². The van der Waals surface area contributed by atoms with Crippen LogP contribution < -0.4 is 10.6 Å². The lowest BCUT2D eigenvalue weighted by Crippen LogP contribution is -2.59. The van der Waals surface area contributed by atoms with Gasteiger partial charge >= 0.3 is 0 Å². The molecule has 0 aromatic carbocycles. The molecule has 4 rings (SSSR count). The summed E-state index contributed by atoms with van der Waals surface area (Å²) in [5.41, 5.74) is 0.125. The maximum Gasteiger partial charge on any atom is 0.0902 e. The fraction of sp³-hybridized carbons (Fsp3) is 1.00. The molecule has 4 fully saturated rings. The number of nitrogens with one attached hydrogen (secondary N) is 2. The van der Waals surface area contributed by atoms with E-state index in [4.69, 9.17) is 4.74 Å². The molecular formula is C14H24N2O. The number of ether oxygens (including phenoxy) is 1. The van der Waals surface area contributed by atoms with Gasteiger partial charge < -0.3 is 15.4 Å². The summed E-state index contributed by atoms with van der Waals surface area (Å²) in [5.74, 6) is 4.26. The third-order valence-electron chi connectivity index (χ3n) is 5.67. The highest BCUT2D eigenvalue weighted by Gasteiger charge is 2.64. The van der Waals surface area contributed by atoms with Gasteiger partial charge in [0.25, 0.3) is 0 Å². The molecule has 0 aromatic heterocycles. The minimum absolute atomic E-state index is 0.125. The summed E-state index contributed by atoms with van der Waals surface area (Å²) in [6.07, 6.45) is 4.59. The van der Waals surface area contributed by atoms with Gasteiger partial charge in [-0.15, -0.1) is 0 Å². The van der Waals surface area contributed by atoms with E-state index in [2.05, 4.69) is 17.6 Å². The van der Waals surface area contributed by atoms with E-state index in [1.54, 1.807) is 6.42 Å². The number of hydrogen-bond acceptors (Lipinski definition) is 3. The second-order valence-electron chi connectivity index (χ2n) is 6.87. The van der Waals surface area contributed by atoms with Crippen molar-refractivity contribution in [3.05, 3.63) is 0 Å². The predicted molar refractivity (Wildman–Crippen MR) is 66.8 cm³/mol. The molecule has 2 bridgehead atoms. The van der Waals surface area contributed by atoms with Gasteiger partial charge in [0.1, 0.15) is 0 Å². The summed E-state index contributed by atoms with van der Waals surface area (Å²) in [6.45, 7) is 6.17. The SMILES string of the molecule is CC1(OCCNC2C3C4CCC(C4)C23)CNC1. The zero-order valence-corrected chi connectivity index (χ0v) is 10.7. The average molecular weight is 236 g/mol. The van der Waals surface area contributed by atoms with Crippen LogP contribution in [0.1, 0.15) is 26.2 Å². The second-order valence-corrected chi connectivity index (χ2v) is 6.87. The summed E-state index contributed by atoms with van der Waals surface area (Å²) in [7, 11) is 0.